The van der Waals surface area contributed by atoms with Gasteiger partial charge in [-0.15, -0.1) is 0 Å². The number of cyclic esters (lactones) is 1. The fourth-order valence-corrected chi connectivity index (χ4v) is 3.13. The number of nitrogens with zero attached hydrogens (tertiary/aromatic N) is 1. The highest BCUT2D eigenvalue weighted by Crippen LogP contribution is 2.23. The third-order valence-electron chi connectivity index (χ3n) is 4.61. The normalized spacial score (nSPS) is 16.6. The van der Waals surface area contributed by atoms with Crippen molar-refractivity contribution in [2.75, 3.05) is 18.5 Å². The summed E-state index contributed by atoms with van der Waals surface area (Å²) < 4.78 is 18.3. The van der Waals surface area contributed by atoms with Crippen LogP contribution >= 0.6 is 0 Å². The van der Waals surface area contributed by atoms with Crippen molar-refractivity contribution in [2.45, 2.75) is 32.6 Å². The Morgan fingerprint density at radius 2 is 2.14 bits per heavy atom. The summed E-state index contributed by atoms with van der Waals surface area (Å²) in [7, 11) is 0. The summed E-state index contributed by atoms with van der Waals surface area (Å²) in [6.07, 6.45) is 1.07. The molecular weight excluding hydrogens is 361 g/mol. The maximum absolute atomic E-state index is 13.4. The molecule has 1 unspecified atom stereocenters. The molecule has 7 heteroatoms. The molecule has 1 amide bonds. The average molecular weight is 385 g/mol. The van der Waals surface area contributed by atoms with E-state index in [9.17, 15) is 14.0 Å². The highest BCUT2D eigenvalue weighted by Gasteiger charge is 2.22. The average Bonchev–Trinajstić information content (AvgIpc) is 2.66. The van der Waals surface area contributed by atoms with Gasteiger partial charge in [0.05, 0.1) is 24.3 Å². The van der Waals surface area contributed by atoms with Gasteiger partial charge in [0.25, 0.3) is 5.91 Å². The van der Waals surface area contributed by atoms with Crippen LogP contribution in [0.1, 0.15) is 48.7 Å². The highest BCUT2D eigenvalue weighted by molar-refractivity contribution is 5.95. The summed E-state index contributed by atoms with van der Waals surface area (Å²) in [4.78, 5) is 28.6. The van der Waals surface area contributed by atoms with Crippen molar-refractivity contribution in [3.05, 3.63) is 53.5 Å². The van der Waals surface area contributed by atoms with Crippen LogP contribution in [0.2, 0.25) is 0 Å². The number of halogens is 1. The number of ether oxygens (including phenoxy) is 1. The number of hydrogen-bond donors (Lipinski definition) is 2. The van der Waals surface area contributed by atoms with Crippen LogP contribution in [0.3, 0.4) is 0 Å². The number of pyridine rings is 1. The first-order valence-corrected chi connectivity index (χ1v) is 9.39. The molecule has 1 saturated heterocycles. The lowest BCUT2D eigenvalue weighted by molar-refractivity contribution is -0.149. The second kappa shape index (κ2) is 8.82. The summed E-state index contributed by atoms with van der Waals surface area (Å²) in [5.41, 5.74) is 1.74. The number of nitrogens with one attached hydrogen (secondary N) is 2. The van der Waals surface area contributed by atoms with Crippen LogP contribution in [0.4, 0.5) is 15.9 Å². The van der Waals surface area contributed by atoms with Crippen LogP contribution in [0.15, 0.2) is 36.4 Å². The third-order valence-corrected chi connectivity index (χ3v) is 4.61. The van der Waals surface area contributed by atoms with Gasteiger partial charge in [-0.2, -0.15) is 0 Å². The molecular formula is C21H24FN3O3. The molecule has 148 valence electrons. The lowest BCUT2D eigenvalue weighted by Gasteiger charge is -2.22. The van der Waals surface area contributed by atoms with Gasteiger partial charge in [-0.25, -0.2) is 9.37 Å². The summed E-state index contributed by atoms with van der Waals surface area (Å²) >= 11 is 0. The molecule has 6 nitrogen and oxygen atoms in total. The predicted octanol–water partition coefficient (Wildman–Crippen LogP) is 3.77. The molecule has 1 aromatic carbocycles. The van der Waals surface area contributed by atoms with E-state index in [1.807, 2.05) is 13.8 Å². The SMILES string of the molecule is CC(C)c1nc(Nc2cccc(F)c2)ccc1C(=O)NCC1CCOC(=O)C1. The zero-order valence-corrected chi connectivity index (χ0v) is 16.0. The molecule has 1 aromatic heterocycles. The van der Waals surface area contributed by atoms with E-state index < -0.39 is 0 Å². The van der Waals surface area contributed by atoms with Crippen molar-refractivity contribution >= 4 is 23.4 Å². The Morgan fingerprint density at radius 1 is 1.32 bits per heavy atom. The number of aromatic nitrogens is 1. The van der Waals surface area contributed by atoms with Crippen molar-refractivity contribution < 1.29 is 18.7 Å². The van der Waals surface area contributed by atoms with Crippen LogP contribution < -0.4 is 10.6 Å². The molecule has 0 saturated carbocycles. The Morgan fingerprint density at radius 3 is 2.86 bits per heavy atom. The molecule has 28 heavy (non-hydrogen) atoms. The number of carbonyl (C=O) groups excluding carboxylic acids is 2. The highest BCUT2D eigenvalue weighted by atomic mass is 19.1. The van der Waals surface area contributed by atoms with Crippen LogP contribution in [-0.4, -0.2) is 30.0 Å². The molecule has 0 aliphatic carbocycles. The summed E-state index contributed by atoms with van der Waals surface area (Å²) in [6.45, 7) is 4.75. The van der Waals surface area contributed by atoms with Gasteiger partial charge < -0.3 is 15.4 Å². The first-order valence-electron chi connectivity index (χ1n) is 9.39. The number of hydrogen-bond acceptors (Lipinski definition) is 5. The summed E-state index contributed by atoms with van der Waals surface area (Å²) in [5, 5.41) is 5.96. The standard InChI is InChI=1S/C21H24FN3O3/c1-13(2)20-17(21(27)23-12-14-8-9-28-19(26)10-14)6-7-18(25-20)24-16-5-3-4-15(22)11-16/h3-7,11,13-14H,8-10,12H2,1-2H3,(H,23,27)(H,24,25). The van der Waals surface area contributed by atoms with Gasteiger partial charge in [0.2, 0.25) is 0 Å². The quantitative estimate of drug-likeness (QED) is 0.740. The zero-order chi connectivity index (χ0) is 20.1. The Hall–Kier alpha value is -2.96. The van der Waals surface area contributed by atoms with Gasteiger partial charge in [0.15, 0.2) is 0 Å². The Balaban J connectivity index is 1.71. The maximum Gasteiger partial charge on any atom is 0.306 e. The molecule has 1 fully saturated rings. The first-order chi connectivity index (χ1) is 13.4. The maximum atomic E-state index is 13.4. The largest absolute Gasteiger partial charge is 0.466 e. The van der Waals surface area contributed by atoms with Gasteiger partial charge in [0.1, 0.15) is 11.6 Å². The minimum absolute atomic E-state index is 0.0275. The number of benzene rings is 1. The van der Waals surface area contributed by atoms with Crippen LogP contribution in [0, 0.1) is 11.7 Å². The molecule has 2 heterocycles. The van der Waals surface area contributed by atoms with E-state index in [4.69, 9.17) is 4.74 Å². The molecule has 0 spiro atoms. The van der Waals surface area contributed by atoms with E-state index in [1.54, 1.807) is 24.3 Å². The van der Waals surface area contributed by atoms with E-state index in [2.05, 4.69) is 15.6 Å². The summed E-state index contributed by atoms with van der Waals surface area (Å²) in [5.74, 6) is -0.109. The van der Waals surface area contributed by atoms with Crippen molar-refractivity contribution in [3.63, 3.8) is 0 Å². The number of rotatable bonds is 6. The van der Waals surface area contributed by atoms with Crippen LogP contribution in [0.5, 0.6) is 0 Å². The van der Waals surface area contributed by atoms with Crippen molar-refractivity contribution in [3.8, 4) is 0 Å². The second-order valence-corrected chi connectivity index (χ2v) is 7.21. The molecule has 0 radical (unpaired) electrons. The van der Waals surface area contributed by atoms with Crippen molar-refractivity contribution in [1.29, 1.82) is 0 Å². The van der Waals surface area contributed by atoms with E-state index in [-0.39, 0.29) is 29.5 Å². The fourth-order valence-electron chi connectivity index (χ4n) is 3.13. The van der Waals surface area contributed by atoms with Crippen LogP contribution in [-0.2, 0) is 9.53 Å². The van der Waals surface area contributed by atoms with E-state index in [0.29, 0.717) is 42.3 Å². The van der Waals surface area contributed by atoms with E-state index in [0.717, 1.165) is 6.42 Å². The molecule has 0 bridgehead atoms. The third kappa shape index (κ3) is 5.06. The van der Waals surface area contributed by atoms with E-state index in [1.165, 1.54) is 12.1 Å². The smallest absolute Gasteiger partial charge is 0.306 e. The predicted molar refractivity (Wildman–Crippen MR) is 104 cm³/mol. The minimum Gasteiger partial charge on any atom is -0.466 e. The molecule has 2 aromatic rings. The van der Waals surface area contributed by atoms with Crippen molar-refractivity contribution in [2.24, 2.45) is 5.92 Å². The second-order valence-electron chi connectivity index (χ2n) is 7.21. The Labute approximate surface area is 163 Å². The number of amides is 1. The number of carbonyl (C=O) groups is 2. The van der Waals surface area contributed by atoms with Crippen molar-refractivity contribution in [1.82, 2.24) is 10.3 Å². The van der Waals surface area contributed by atoms with Gasteiger partial charge >= 0.3 is 5.97 Å². The molecule has 1 aliphatic heterocycles. The van der Waals surface area contributed by atoms with Gasteiger partial charge in [-0.1, -0.05) is 19.9 Å². The number of esters is 1. The van der Waals surface area contributed by atoms with Gasteiger partial charge in [-0.05, 0) is 48.6 Å². The number of anilines is 2. The topological polar surface area (TPSA) is 80.3 Å². The first kappa shape index (κ1) is 19.8. The lowest BCUT2D eigenvalue weighted by atomic mass is 9.99. The van der Waals surface area contributed by atoms with Gasteiger partial charge in [0, 0.05) is 12.2 Å². The molecule has 2 N–H and O–H groups in total. The van der Waals surface area contributed by atoms with Crippen LogP contribution in [0.25, 0.3) is 0 Å². The molecule has 3 rings (SSSR count). The minimum atomic E-state index is -0.336. The zero-order valence-electron chi connectivity index (χ0n) is 16.0. The Bertz CT molecular complexity index is 870. The molecule has 1 aliphatic rings. The fraction of sp³-hybridized carbons (Fsp3) is 0.381. The lowest BCUT2D eigenvalue weighted by Crippen LogP contribution is -2.34. The summed E-state index contributed by atoms with van der Waals surface area (Å²) in [6, 6.07) is 9.53. The monoisotopic (exact) mass is 385 g/mol. The van der Waals surface area contributed by atoms with Gasteiger partial charge in [-0.3, -0.25) is 9.59 Å². The van der Waals surface area contributed by atoms with E-state index >= 15 is 0 Å². The molecule has 1 atom stereocenters. The Kier molecular flexibility index (Phi) is 6.23.